The highest BCUT2D eigenvalue weighted by Crippen LogP contribution is 1.98. The highest BCUT2D eigenvalue weighted by molar-refractivity contribution is 7.99. The normalized spacial score (nSPS) is 8.40. The summed E-state index contributed by atoms with van der Waals surface area (Å²) in [6.07, 6.45) is 1.30. The molecule has 1 nitrogen and oxygen atoms in total. The fourth-order valence-electron chi connectivity index (χ4n) is 0.421. The molecule has 0 spiro atoms. The highest BCUT2D eigenvalue weighted by Gasteiger charge is 1.82. The highest BCUT2D eigenvalue weighted by atomic mass is 32.2. The number of thioether (sulfide) groups is 1. The van der Waals surface area contributed by atoms with Crippen LogP contribution >= 0.6 is 11.8 Å². The fourth-order valence-corrected chi connectivity index (χ4v) is 1.26. The molecule has 0 radical (unpaired) electrons. The zero-order chi connectivity index (χ0) is 8.24. The molecule has 0 fully saturated rings. The van der Waals surface area contributed by atoms with Crippen molar-refractivity contribution in [1.82, 2.24) is 5.32 Å². The third kappa shape index (κ3) is 15.7. The molecule has 0 heterocycles. The van der Waals surface area contributed by atoms with Gasteiger partial charge in [-0.1, -0.05) is 20.8 Å². The van der Waals surface area contributed by atoms with Gasteiger partial charge in [-0.25, -0.2) is 0 Å². The Labute approximate surface area is 70.0 Å². The van der Waals surface area contributed by atoms with Gasteiger partial charge in [0.1, 0.15) is 0 Å². The second-order valence-electron chi connectivity index (χ2n) is 1.72. The maximum atomic E-state index is 3.11. The maximum Gasteiger partial charge on any atom is 0.00579 e. The number of hydrogen-bond donors (Lipinski definition) is 1. The van der Waals surface area contributed by atoms with E-state index < -0.39 is 0 Å². The van der Waals surface area contributed by atoms with Crippen LogP contribution < -0.4 is 5.32 Å². The average molecular weight is 163 g/mol. The third-order valence-electron chi connectivity index (χ3n) is 0.845. The molecule has 0 atom stereocenters. The first-order chi connectivity index (χ1) is 4.91. The van der Waals surface area contributed by atoms with E-state index in [0.29, 0.717) is 0 Å². The quantitative estimate of drug-likeness (QED) is 0.625. The van der Waals surface area contributed by atoms with E-state index in [1.54, 1.807) is 0 Å². The zero-order valence-electron chi connectivity index (χ0n) is 7.74. The number of hydrogen-bond acceptors (Lipinski definition) is 2. The second-order valence-corrected chi connectivity index (χ2v) is 2.94. The van der Waals surface area contributed by atoms with Gasteiger partial charge in [-0.05, 0) is 19.2 Å². The van der Waals surface area contributed by atoms with Crippen molar-refractivity contribution >= 4 is 11.8 Å². The molecule has 0 saturated carbocycles. The molecule has 10 heavy (non-hydrogen) atoms. The Morgan fingerprint density at radius 1 is 1.20 bits per heavy atom. The molecule has 2 heteroatoms. The van der Waals surface area contributed by atoms with Gasteiger partial charge in [0.15, 0.2) is 0 Å². The monoisotopic (exact) mass is 163 g/mol. The van der Waals surface area contributed by atoms with Crippen LogP contribution in [-0.4, -0.2) is 25.1 Å². The minimum absolute atomic E-state index is 1.14. The molecule has 1 N–H and O–H groups in total. The largest absolute Gasteiger partial charge is 0.319 e. The Morgan fingerprint density at radius 3 is 2.20 bits per heavy atom. The predicted octanol–water partition coefficient (Wildman–Crippen LogP) is 2.38. The van der Waals surface area contributed by atoms with Crippen LogP contribution in [-0.2, 0) is 0 Å². The van der Waals surface area contributed by atoms with Gasteiger partial charge in [0.05, 0.1) is 0 Å². The molecule has 0 bridgehead atoms. The van der Waals surface area contributed by atoms with Gasteiger partial charge in [0.25, 0.3) is 0 Å². The fraction of sp³-hybridized carbons (Fsp3) is 1.00. The van der Waals surface area contributed by atoms with Crippen LogP contribution in [0.25, 0.3) is 0 Å². The van der Waals surface area contributed by atoms with Crippen LogP contribution in [0.2, 0.25) is 0 Å². The van der Waals surface area contributed by atoms with Crippen molar-refractivity contribution < 1.29 is 0 Å². The molecule has 0 aromatic rings. The first-order valence-electron chi connectivity index (χ1n) is 4.14. The molecule has 0 aromatic carbocycles. The summed E-state index contributed by atoms with van der Waals surface area (Å²) >= 11 is 2.02. The van der Waals surface area contributed by atoms with Crippen LogP contribution in [0.1, 0.15) is 27.2 Å². The van der Waals surface area contributed by atoms with Crippen molar-refractivity contribution in [3.63, 3.8) is 0 Å². The molecule has 0 aliphatic heterocycles. The third-order valence-corrected chi connectivity index (χ3v) is 2.03. The van der Waals surface area contributed by atoms with Gasteiger partial charge in [-0.15, -0.1) is 0 Å². The summed E-state index contributed by atoms with van der Waals surface area (Å²) in [6, 6.07) is 0. The zero-order valence-corrected chi connectivity index (χ0v) is 8.55. The van der Waals surface area contributed by atoms with E-state index in [-0.39, 0.29) is 0 Å². The molecule has 0 saturated heterocycles. The molecular weight excluding hydrogens is 142 g/mol. The Bertz CT molecular complexity index is 34.2. The topological polar surface area (TPSA) is 12.0 Å². The number of nitrogens with one attached hydrogen (secondary N) is 1. The van der Waals surface area contributed by atoms with Gasteiger partial charge in [-0.3, -0.25) is 0 Å². The minimum atomic E-state index is 1.14. The van der Waals surface area contributed by atoms with Crippen molar-refractivity contribution in [2.75, 3.05) is 25.1 Å². The molecule has 0 amide bonds. The van der Waals surface area contributed by atoms with E-state index in [9.17, 15) is 0 Å². The van der Waals surface area contributed by atoms with Crippen LogP contribution in [0.4, 0.5) is 0 Å². The van der Waals surface area contributed by atoms with E-state index in [0.717, 1.165) is 6.54 Å². The van der Waals surface area contributed by atoms with E-state index in [2.05, 4.69) is 12.2 Å². The van der Waals surface area contributed by atoms with Crippen LogP contribution in [0, 0.1) is 0 Å². The Hall–Kier alpha value is 0.310. The lowest BCUT2D eigenvalue weighted by Gasteiger charge is -1.95. The van der Waals surface area contributed by atoms with Crippen LogP contribution in [0.5, 0.6) is 0 Å². The van der Waals surface area contributed by atoms with Crippen molar-refractivity contribution in [3.8, 4) is 0 Å². The average Bonchev–Trinajstić information content (AvgIpc) is 2.02. The van der Waals surface area contributed by atoms with Crippen molar-refractivity contribution in [1.29, 1.82) is 0 Å². The summed E-state index contributed by atoms with van der Waals surface area (Å²) in [6.45, 7) is 7.36. The summed E-state index contributed by atoms with van der Waals surface area (Å²) in [4.78, 5) is 0. The summed E-state index contributed by atoms with van der Waals surface area (Å²) in [5, 5.41) is 3.11. The molecule has 64 valence electrons. The summed E-state index contributed by atoms with van der Waals surface area (Å²) in [5.41, 5.74) is 0. The Kier molecular flexibility index (Phi) is 20.9. The first-order valence-corrected chi connectivity index (χ1v) is 5.29. The van der Waals surface area contributed by atoms with E-state index in [4.69, 9.17) is 0 Å². The first kappa shape index (κ1) is 12.9. The smallest absolute Gasteiger partial charge is 0.00579 e. The molecule has 0 aliphatic carbocycles. The molecule has 0 rings (SSSR count). The van der Waals surface area contributed by atoms with Gasteiger partial charge < -0.3 is 5.32 Å². The van der Waals surface area contributed by atoms with Crippen molar-refractivity contribution in [3.05, 3.63) is 0 Å². The van der Waals surface area contributed by atoms with E-state index >= 15 is 0 Å². The van der Waals surface area contributed by atoms with Crippen molar-refractivity contribution in [2.24, 2.45) is 0 Å². The standard InChI is InChI=1S/C6H15NS.C2H6/c1-3-5-8-6-4-7-2;1-2/h7H,3-6H2,1-2H3;1-2H3. The summed E-state index contributed by atoms with van der Waals surface area (Å²) < 4.78 is 0. The predicted molar refractivity (Wildman–Crippen MR) is 52.9 cm³/mol. The molecule has 0 unspecified atom stereocenters. The lowest BCUT2D eigenvalue weighted by atomic mass is 10.6. The number of rotatable bonds is 5. The lowest BCUT2D eigenvalue weighted by molar-refractivity contribution is 0.871. The molecular formula is C8H21NS. The van der Waals surface area contributed by atoms with Gasteiger partial charge in [-0.2, -0.15) is 11.8 Å². The van der Waals surface area contributed by atoms with Crippen LogP contribution in [0.3, 0.4) is 0 Å². The molecule has 0 aromatic heterocycles. The maximum absolute atomic E-state index is 3.11. The van der Waals surface area contributed by atoms with E-state index in [1.165, 1.54) is 17.9 Å². The lowest BCUT2D eigenvalue weighted by Crippen LogP contribution is -2.09. The molecule has 0 aliphatic rings. The summed E-state index contributed by atoms with van der Waals surface area (Å²) in [5.74, 6) is 2.56. The van der Waals surface area contributed by atoms with Gasteiger partial charge >= 0.3 is 0 Å². The Morgan fingerprint density at radius 2 is 1.80 bits per heavy atom. The van der Waals surface area contributed by atoms with Gasteiger partial charge in [0.2, 0.25) is 0 Å². The SMILES string of the molecule is CC.CCCSCCNC. The summed E-state index contributed by atoms with van der Waals surface area (Å²) in [7, 11) is 1.99. The van der Waals surface area contributed by atoms with Crippen LogP contribution in [0.15, 0.2) is 0 Å². The minimum Gasteiger partial charge on any atom is -0.319 e. The van der Waals surface area contributed by atoms with Crippen molar-refractivity contribution in [2.45, 2.75) is 27.2 Å². The second kappa shape index (κ2) is 16.1. The Balaban J connectivity index is 0. The van der Waals surface area contributed by atoms with E-state index in [1.807, 2.05) is 32.7 Å². The van der Waals surface area contributed by atoms with Gasteiger partial charge in [0, 0.05) is 12.3 Å².